The molecule has 0 saturated carbocycles. The van der Waals surface area contributed by atoms with Crippen LogP contribution in [-0.4, -0.2) is 173 Å². The van der Waals surface area contributed by atoms with Gasteiger partial charge in [-0.15, -0.1) is 40.5 Å². The highest BCUT2D eigenvalue weighted by Crippen LogP contribution is 2.16. The second-order valence-corrected chi connectivity index (χ2v) is 19.6. The number of rotatable bonds is 44. The van der Waals surface area contributed by atoms with E-state index in [1.54, 1.807) is 32.9 Å². The maximum Gasteiger partial charge on any atom is 0.413 e. The van der Waals surface area contributed by atoms with Crippen molar-refractivity contribution in [3.05, 3.63) is 70.3 Å². The van der Waals surface area contributed by atoms with Crippen molar-refractivity contribution in [2.45, 2.75) is 163 Å². The SMILES string of the molecule is CC(C)CC(NC(=O)OCCCCCCO[N+](=O)[O-])C(=O)O.CCC(C)C(NC(=O)OCCCCCCO[N+](=O)[O-])C(=O)O.CCC(C)C(NC(=O)OCCOCCO[N+](=O)[O-])C(=O)O.CCC(C)C(NC(=O)Oc1cccc(CCO[N+](=O)[O-])c1)C(=O)O. The van der Waals surface area contributed by atoms with Gasteiger partial charge in [-0.05, 0) is 92.7 Å². The number of hydrogen-bond donors (Lipinski definition) is 8. The van der Waals surface area contributed by atoms with Crippen LogP contribution in [0.2, 0.25) is 0 Å². The fourth-order valence-electron chi connectivity index (χ4n) is 6.72. The summed E-state index contributed by atoms with van der Waals surface area (Å²) in [5, 5.41) is 81.5. The van der Waals surface area contributed by atoms with E-state index in [-0.39, 0.29) is 95.3 Å². The first kappa shape index (κ1) is 84.1. The molecule has 1 aromatic rings. The Hall–Kier alpha value is -9.06. The van der Waals surface area contributed by atoms with Gasteiger partial charge >= 0.3 is 48.3 Å². The van der Waals surface area contributed by atoms with Crippen LogP contribution < -0.4 is 26.0 Å². The van der Waals surface area contributed by atoms with Crippen molar-refractivity contribution >= 4 is 48.3 Å². The summed E-state index contributed by atoms with van der Waals surface area (Å²) in [6, 6.07) is 2.40. The molecule has 7 unspecified atom stereocenters. The largest absolute Gasteiger partial charge is 0.480 e. The third kappa shape index (κ3) is 49.7. The van der Waals surface area contributed by atoms with E-state index >= 15 is 0 Å². The molecule has 37 nitrogen and oxygen atoms in total. The third-order valence-corrected chi connectivity index (χ3v) is 12.1. The van der Waals surface area contributed by atoms with Crippen LogP contribution in [-0.2, 0) is 63.9 Å². The average Bonchev–Trinajstić information content (AvgIpc) is 3.67. The van der Waals surface area contributed by atoms with Crippen molar-refractivity contribution in [1.82, 2.24) is 21.3 Å². The quantitative estimate of drug-likeness (QED) is 0.0151. The number of benzene rings is 1. The summed E-state index contributed by atoms with van der Waals surface area (Å²) in [4.78, 5) is 147. The van der Waals surface area contributed by atoms with E-state index in [2.05, 4.69) is 40.6 Å². The Morgan fingerprint density at radius 2 is 0.809 bits per heavy atom. The van der Waals surface area contributed by atoms with Crippen LogP contribution >= 0.6 is 0 Å². The normalized spacial score (nSPS) is 12.6. The van der Waals surface area contributed by atoms with Gasteiger partial charge in [0.15, 0.2) is 0 Å². The lowest BCUT2D eigenvalue weighted by molar-refractivity contribution is -0.758. The van der Waals surface area contributed by atoms with Crippen molar-refractivity contribution in [3.8, 4) is 5.75 Å². The van der Waals surface area contributed by atoms with Gasteiger partial charge in [0.05, 0.1) is 39.6 Å². The van der Waals surface area contributed by atoms with Crippen molar-refractivity contribution < 1.29 is 122 Å². The smallest absolute Gasteiger partial charge is 0.413 e. The molecule has 8 N–H and O–H groups in total. The molecule has 0 spiro atoms. The molecule has 37 heteroatoms. The summed E-state index contributed by atoms with van der Waals surface area (Å²) in [5.74, 6) is -4.75. The molecule has 1 rings (SSSR count). The third-order valence-electron chi connectivity index (χ3n) is 12.1. The number of hydrogen-bond acceptors (Lipinski definition) is 25. The molecule has 0 aliphatic carbocycles. The maximum atomic E-state index is 11.9. The Bertz CT molecular complexity index is 2270. The highest BCUT2D eigenvalue weighted by Gasteiger charge is 2.28. The molecule has 0 saturated heterocycles. The van der Waals surface area contributed by atoms with E-state index in [4.69, 9.17) is 44.1 Å². The van der Waals surface area contributed by atoms with Gasteiger partial charge in [0.1, 0.15) is 49.7 Å². The first-order valence-electron chi connectivity index (χ1n) is 28.4. The Labute approximate surface area is 512 Å². The van der Waals surface area contributed by atoms with Crippen molar-refractivity contribution in [2.75, 3.05) is 59.5 Å². The monoisotopic (exact) mass is 1290 g/mol. The van der Waals surface area contributed by atoms with Crippen LogP contribution in [0.25, 0.3) is 0 Å². The summed E-state index contributed by atoms with van der Waals surface area (Å²) in [6.07, 6.45) is 4.45. The second-order valence-electron chi connectivity index (χ2n) is 19.6. The van der Waals surface area contributed by atoms with E-state index in [1.165, 1.54) is 12.1 Å². The first-order valence-corrected chi connectivity index (χ1v) is 28.4. The zero-order valence-electron chi connectivity index (χ0n) is 51.3. The summed E-state index contributed by atoms with van der Waals surface area (Å²) < 4.78 is 24.5. The van der Waals surface area contributed by atoms with Gasteiger partial charge in [-0.25, -0.2) is 38.4 Å². The molecule has 89 heavy (non-hydrogen) atoms. The molecule has 0 fully saturated rings. The van der Waals surface area contributed by atoms with Crippen LogP contribution in [0.4, 0.5) is 19.2 Å². The van der Waals surface area contributed by atoms with Crippen LogP contribution in [0, 0.1) is 64.1 Å². The standard InChI is InChI=1S/C15H20N2O7.2C13H24N2O7.C11H20N2O8/c1-3-10(2)13(14(18)19)16-15(20)24-12-6-4-5-11(9-12)7-8-23-17(21)22;1-10(2)9-11(12(16)17)14-13(18)21-7-5-3-4-6-8-22-15(19)20;1-3-10(2)11(12(16)17)14-13(18)21-8-6-4-5-7-9-22-15(19)20;1-3-8(2)9(10(14)15)12-11(16)20-6-4-19-5-7-21-13(17)18/h4-6,9-10,13H,3,7-8H2,1-2H3,(H,16,20)(H,18,19);2*10-11H,3-9H2,1-2H3,(H,14,18)(H,16,17);8-9H,3-7H2,1-2H3,(H,12,16)(H,14,15). The van der Waals surface area contributed by atoms with Crippen LogP contribution in [0.3, 0.4) is 0 Å². The lowest BCUT2D eigenvalue weighted by atomic mass is 10.00. The summed E-state index contributed by atoms with van der Waals surface area (Å²) in [6.45, 7) is 14.4. The van der Waals surface area contributed by atoms with Gasteiger partial charge in [-0.2, -0.15) is 0 Å². The number of nitrogens with one attached hydrogen (secondary N) is 4. The molecule has 0 aromatic heterocycles. The fraction of sp³-hybridized carbons (Fsp3) is 0.731. The summed E-state index contributed by atoms with van der Waals surface area (Å²) in [7, 11) is 0. The minimum absolute atomic E-state index is 0.0173. The summed E-state index contributed by atoms with van der Waals surface area (Å²) in [5.41, 5.74) is 0.680. The lowest BCUT2D eigenvalue weighted by Crippen LogP contribution is -2.46. The van der Waals surface area contributed by atoms with Gasteiger partial charge in [0, 0.05) is 0 Å². The van der Waals surface area contributed by atoms with Gasteiger partial charge in [-0.1, -0.05) is 99.6 Å². The zero-order chi connectivity index (χ0) is 68.3. The lowest BCUT2D eigenvalue weighted by Gasteiger charge is -2.19. The highest BCUT2D eigenvalue weighted by molar-refractivity contribution is 5.82. The molecule has 0 heterocycles. The fourth-order valence-corrected chi connectivity index (χ4v) is 6.72. The van der Waals surface area contributed by atoms with Crippen molar-refractivity contribution in [1.29, 1.82) is 0 Å². The highest BCUT2D eigenvalue weighted by atomic mass is 17.0. The molecule has 4 amide bonds. The number of carboxylic acids is 4. The van der Waals surface area contributed by atoms with Gasteiger partial charge in [-0.3, -0.25) is 0 Å². The Morgan fingerprint density at radius 3 is 1.19 bits per heavy atom. The molecule has 1 aromatic carbocycles. The molecule has 0 aliphatic heterocycles. The van der Waals surface area contributed by atoms with E-state index in [1.807, 2.05) is 34.6 Å². The molecule has 0 bridgehead atoms. The Kier molecular flexibility index (Phi) is 49.3. The molecule has 0 aliphatic rings. The second kappa shape index (κ2) is 52.1. The number of amides is 4. The van der Waals surface area contributed by atoms with E-state index in [0.29, 0.717) is 56.9 Å². The number of nitrogens with zero attached hydrogens (tertiary/aromatic N) is 4. The predicted molar refractivity (Wildman–Crippen MR) is 306 cm³/mol. The number of carbonyl (C=O) groups excluding carboxylic acids is 4. The van der Waals surface area contributed by atoms with E-state index in [0.717, 1.165) is 25.7 Å². The van der Waals surface area contributed by atoms with Crippen molar-refractivity contribution in [3.63, 3.8) is 0 Å². The first-order chi connectivity index (χ1) is 41.9. The van der Waals surface area contributed by atoms with Gasteiger partial charge in [0.2, 0.25) is 0 Å². The number of alkyl carbamates (subject to hydrolysis) is 3. The Balaban J connectivity index is -0.00000111. The number of unbranched alkanes of at least 4 members (excludes halogenated alkanes) is 6. The van der Waals surface area contributed by atoms with Gasteiger partial charge < -0.3 is 84.7 Å². The zero-order valence-corrected chi connectivity index (χ0v) is 51.3. The number of carboxylic acid groups (broad SMARTS) is 4. The predicted octanol–water partition coefficient (Wildman–Crippen LogP) is 6.42. The van der Waals surface area contributed by atoms with E-state index in [9.17, 15) is 78.8 Å². The minimum atomic E-state index is -1.13. The average molecular weight is 1290 g/mol. The van der Waals surface area contributed by atoms with Crippen LogP contribution in [0.1, 0.15) is 138 Å². The molecule has 0 radical (unpaired) electrons. The molecular weight excluding hydrogens is 1200 g/mol. The number of aliphatic carboxylic acids is 4. The van der Waals surface area contributed by atoms with E-state index < -0.39 is 92.8 Å². The van der Waals surface area contributed by atoms with Gasteiger partial charge in [0.25, 0.3) is 20.3 Å². The summed E-state index contributed by atoms with van der Waals surface area (Å²) >= 11 is 0. The molecule has 510 valence electrons. The van der Waals surface area contributed by atoms with Crippen LogP contribution in [0.5, 0.6) is 5.75 Å². The topological polar surface area (TPSA) is 521 Å². The number of carbonyl (C=O) groups is 8. The maximum absolute atomic E-state index is 11.9. The minimum Gasteiger partial charge on any atom is -0.480 e. The Morgan fingerprint density at radius 1 is 0.449 bits per heavy atom. The molecule has 7 atom stereocenters. The number of ether oxygens (including phenoxy) is 5. The van der Waals surface area contributed by atoms with Crippen LogP contribution in [0.15, 0.2) is 24.3 Å². The molecular formula is C52H88N8O29. The van der Waals surface area contributed by atoms with Crippen molar-refractivity contribution in [2.24, 2.45) is 23.7 Å².